The monoisotopic (exact) mass is 298 g/mol. The van der Waals surface area contributed by atoms with Crippen LogP contribution in [-0.4, -0.2) is 23.1 Å². The molecule has 1 aliphatic heterocycles. The summed E-state index contributed by atoms with van der Waals surface area (Å²) in [5.74, 6) is -2.43. The van der Waals surface area contributed by atoms with Gasteiger partial charge in [-0.25, -0.2) is 0 Å². The molecule has 1 rings (SSSR count). The van der Waals surface area contributed by atoms with Crippen LogP contribution in [0.5, 0.6) is 0 Å². The number of rotatable bonds is 11. The first-order valence-electron chi connectivity index (χ1n) is 8.51. The number of cyclic esters (lactones) is 1. The number of esters is 1. The summed E-state index contributed by atoms with van der Waals surface area (Å²) in [6.07, 6.45) is 11.3. The molecule has 1 aliphatic rings. The van der Waals surface area contributed by atoms with Gasteiger partial charge in [-0.2, -0.15) is 0 Å². The Morgan fingerprint density at radius 3 is 2.10 bits per heavy atom. The number of hydrogen-bond acceptors (Lipinski definition) is 3. The second kappa shape index (κ2) is 9.80. The molecule has 21 heavy (non-hydrogen) atoms. The van der Waals surface area contributed by atoms with Crippen LogP contribution in [0.15, 0.2) is 0 Å². The van der Waals surface area contributed by atoms with Crippen molar-refractivity contribution in [2.45, 2.75) is 84.2 Å². The fraction of sp³-hybridized carbons (Fsp3) is 0.882. The molecule has 1 N–H and O–H groups in total. The van der Waals surface area contributed by atoms with Crippen LogP contribution in [-0.2, 0) is 14.3 Å². The molecule has 0 amide bonds. The lowest BCUT2D eigenvalue weighted by Crippen LogP contribution is -2.27. The third kappa shape index (κ3) is 6.06. The molecule has 1 saturated heterocycles. The van der Waals surface area contributed by atoms with E-state index < -0.39 is 23.9 Å². The smallest absolute Gasteiger partial charge is 0.311 e. The molecule has 1 fully saturated rings. The largest absolute Gasteiger partial charge is 0.481 e. The van der Waals surface area contributed by atoms with Crippen molar-refractivity contribution in [1.29, 1.82) is 0 Å². The predicted molar refractivity (Wildman–Crippen MR) is 82.0 cm³/mol. The highest BCUT2D eigenvalue weighted by Crippen LogP contribution is 2.31. The molecule has 0 aromatic carbocycles. The molecule has 0 aliphatic carbocycles. The Bertz CT molecular complexity index is 327. The van der Waals surface area contributed by atoms with E-state index in [9.17, 15) is 14.7 Å². The van der Waals surface area contributed by atoms with Crippen molar-refractivity contribution in [2.75, 3.05) is 0 Å². The SMILES string of the molecule is CCCCCCCCCCC[C@@H]1OC(=O)[C@H](C)[C@H]1C(=O)O. The number of unbranched alkanes of at least 4 members (excludes halogenated alkanes) is 8. The Labute approximate surface area is 128 Å². The number of carboxylic acid groups (broad SMARTS) is 1. The van der Waals surface area contributed by atoms with Gasteiger partial charge in [-0.05, 0) is 12.8 Å². The molecule has 4 nitrogen and oxygen atoms in total. The third-order valence-corrected chi connectivity index (χ3v) is 4.46. The number of carboxylic acids is 1. The molecule has 0 saturated carbocycles. The predicted octanol–water partition coefficient (Wildman–Crippen LogP) is 4.17. The van der Waals surface area contributed by atoms with E-state index in [2.05, 4.69) is 6.92 Å². The van der Waals surface area contributed by atoms with Crippen LogP contribution in [0.25, 0.3) is 0 Å². The normalized spacial score (nSPS) is 25.0. The van der Waals surface area contributed by atoms with Gasteiger partial charge in [-0.15, -0.1) is 0 Å². The van der Waals surface area contributed by atoms with E-state index in [1.54, 1.807) is 6.92 Å². The van der Waals surface area contributed by atoms with Gasteiger partial charge in [0.2, 0.25) is 0 Å². The first kappa shape index (κ1) is 18.0. The van der Waals surface area contributed by atoms with E-state index in [1.807, 2.05) is 0 Å². The Balaban J connectivity index is 2.09. The van der Waals surface area contributed by atoms with Crippen molar-refractivity contribution in [1.82, 2.24) is 0 Å². The maximum Gasteiger partial charge on any atom is 0.311 e. The van der Waals surface area contributed by atoms with E-state index in [0.29, 0.717) is 6.42 Å². The van der Waals surface area contributed by atoms with Gasteiger partial charge in [-0.1, -0.05) is 65.2 Å². The van der Waals surface area contributed by atoms with Gasteiger partial charge in [0, 0.05) is 0 Å². The first-order chi connectivity index (χ1) is 10.1. The van der Waals surface area contributed by atoms with Crippen molar-refractivity contribution in [2.24, 2.45) is 11.8 Å². The lowest BCUT2D eigenvalue weighted by Gasteiger charge is -2.15. The molecule has 3 atom stereocenters. The Morgan fingerprint density at radius 1 is 1.05 bits per heavy atom. The summed E-state index contributed by atoms with van der Waals surface area (Å²) in [5, 5.41) is 9.18. The van der Waals surface area contributed by atoms with E-state index in [4.69, 9.17) is 4.74 Å². The van der Waals surface area contributed by atoms with Crippen LogP contribution in [0.1, 0.15) is 78.1 Å². The fourth-order valence-electron chi connectivity index (χ4n) is 3.07. The van der Waals surface area contributed by atoms with Gasteiger partial charge < -0.3 is 9.84 Å². The fourth-order valence-corrected chi connectivity index (χ4v) is 3.07. The molecular formula is C17H30O4. The summed E-state index contributed by atoms with van der Waals surface area (Å²) < 4.78 is 5.20. The third-order valence-electron chi connectivity index (χ3n) is 4.46. The molecule has 0 unspecified atom stereocenters. The average Bonchev–Trinajstić information content (AvgIpc) is 2.72. The Hall–Kier alpha value is -1.06. The molecule has 0 aromatic heterocycles. The lowest BCUT2D eigenvalue weighted by atomic mass is 9.89. The van der Waals surface area contributed by atoms with Crippen LogP contribution in [0.2, 0.25) is 0 Å². The van der Waals surface area contributed by atoms with Crippen LogP contribution in [0, 0.1) is 11.8 Å². The second-order valence-electron chi connectivity index (χ2n) is 6.25. The van der Waals surface area contributed by atoms with Crippen molar-refractivity contribution in [3.63, 3.8) is 0 Å². The van der Waals surface area contributed by atoms with Crippen LogP contribution >= 0.6 is 0 Å². The highest BCUT2D eigenvalue weighted by molar-refractivity contribution is 5.84. The summed E-state index contributed by atoms with van der Waals surface area (Å²) in [4.78, 5) is 22.7. The Kier molecular flexibility index (Phi) is 8.40. The number of ether oxygens (including phenoxy) is 1. The zero-order chi connectivity index (χ0) is 15.7. The zero-order valence-electron chi connectivity index (χ0n) is 13.5. The van der Waals surface area contributed by atoms with Crippen molar-refractivity contribution >= 4 is 11.9 Å². The van der Waals surface area contributed by atoms with Crippen molar-refractivity contribution in [3.8, 4) is 0 Å². The lowest BCUT2D eigenvalue weighted by molar-refractivity contribution is -0.144. The maximum atomic E-state index is 11.5. The van der Waals surface area contributed by atoms with E-state index in [1.165, 1.54) is 44.9 Å². The topological polar surface area (TPSA) is 63.6 Å². The summed E-state index contributed by atoms with van der Waals surface area (Å²) in [6, 6.07) is 0. The molecule has 0 radical (unpaired) electrons. The van der Waals surface area contributed by atoms with Gasteiger partial charge in [-0.3, -0.25) is 9.59 Å². The maximum absolute atomic E-state index is 11.5. The average molecular weight is 298 g/mol. The van der Waals surface area contributed by atoms with Gasteiger partial charge in [0.1, 0.15) is 12.0 Å². The quantitative estimate of drug-likeness (QED) is 0.459. The standard InChI is InChI=1S/C17H30O4/c1-3-4-5-6-7-8-9-10-11-12-14-15(16(18)19)13(2)17(20)21-14/h13-15H,3-12H2,1-2H3,(H,18,19)/t13-,14+,15-/m1/s1. The summed E-state index contributed by atoms with van der Waals surface area (Å²) in [5.41, 5.74) is 0. The highest BCUT2D eigenvalue weighted by Gasteiger charge is 2.45. The van der Waals surface area contributed by atoms with Gasteiger partial charge in [0.05, 0.1) is 5.92 Å². The van der Waals surface area contributed by atoms with E-state index in [0.717, 1.165) is 12.8 Å². The molecule has 0 spiro atoms. The number of hydrogen-bond donors (Lipinski definition) is 1. The van der Waals surface area contributed by atoms with Crippen LogP contribution in [0.3, 0.4) is 0 Å². The second-order valence-corrected chi connectivity index (χ2v) is 6.25. The van der Waals surface area contributed by atoms with E-state index in [-0.39, 0.29) is 5.97 Å². The minimum atomic E-state index is -0.908. The van der Waals surface area contributed by atoms with Gasteiger partial charge in [0.25, 0.3) is 0 Å². The first-order valence-corrected chi connectivity index (χ1v) is 8.51. The van der Waals surface area contributed by atoms with Crippen molar-refractivity contribution < 1.29 is 19.4 Å². The zero-order valence-corrected chi connectivity index (χ0v) is 13.5. The Morgan fingerprint density at radius 2 is 1.57 bits per heavy atom. The van der Waals surface area contributed by atoms with E-state index >= 15 is 0 Å². The number of carbonyl (C=O) groups is 2. The molecule has 122 valence electrons. The molecule has 4 heteroatoms. The summed E-state index contributed by atoms with van der Waals surface area (Å²) >= 11 is 0. The summed E-state index contributed by atoms with van der Waals surface area (Å²) in [6.45, 7) is 3.87. The van der Waals surface area contributed by atoms with Gasteiger partial charge >= 0.3 is 11.9 Å². The minimum absolute atomic E-state index is 0.358. The number of carbonyl (C=O) groups excluding carboxylic acids is 1. The number of aliphatic carboxylic acids is 1. The van der Waals surface area contributed by atoms with Gasteiger partial charge in [0.15, 0.2) is 0 Å². The van der Waals surface area contributed by atoms with Crippen LogP contribution < -0.4 is 0 Å². The molecule has 0 bridgehead atoms. The minimum Gasteiger partial charge on any atom is -0.481 e. The molecule has 1 heterocycles. The molecule has 0 aromatic rings. The highest BCUT2D eigenvalue weighted by atomic mass is 16.6. The molecular weight excluding hydrogens is 268 g/mol. The van der Waals surface area contributed by atoms with Crippen molar-refractivity contribution in [3.05, 3.63) is 0 Å². The van der Waals surface area contributed by atoms with Crippen LogP contribution in [0.4, 0.5) is 0 Å². The summed E-state index contributed by atoms with van der Waals surface area (Å²) in [7, 11) is 0.